The lowest BCUT2D eigenvalue weighted by Gasteiger charge is -2.15. The molecule has 0 amide bonds. The predicted molar refractivity (Wildman–Crippen MR) is 60.7 cm³/mol. The molecule has 1 aromatic rings. The average molecular weight is 244 g/mol. The summed E-state index contributed by atoms with van der Waals surface area (Å²) < 4.78 is 37.5. The molecule has 2 nitrogen and oxygen atoms in total. The molecule has 0 heterocycles. The van der Waals surface area contributed by atoms with Crippen LogP contribution >= 0.6 is 0 Å². The van der Waals surface area contributed by atoms with Gasteiger partial charge in [-0.2, -0.15) is 13.2 Å². The number of anilines is 1. The molecule has 0 aromatic heterocycles. The van der Waals surface area contributed by atoms with Crippen LogP contribution in [0.4, 0.5) is 18.9 Å². The summed E-state index contributed by atoms with van der Waals surface area (Å²) in [5.74, 6) is 0. The molecule has 2 unspecified atom stereocenters. The summed E-state index contributed by atoms with van der Waals surface area (Å²) in [5.41, 5.74) is 5.65. The van der Waals surface area contributed by atoms with Gasteiger partial charge in [0.1, 0.15) is 0 Å². The molecule has 1 saturated carbocycles. The van der Waals surface area contributed by atoms with Gasteiger partial charge in [-0.3, -0.25) is 0 Å². The summed E-state index contributed by atoms with van der Waals surface area (Å²) in [6, 6.07) is 5.64. The second-order valence-corrected chi connectivity index (χ2v) is 4.49. The van der Waals surface area contributed by atoms with E-state index in [2.05, 4.69) is 5.32 Å². The number of hydrogen-bond acceptors (Lipinski definition) is 2. The van der Waals surface area contributed by atoms with Crippen LogP contribution < -0.4 is 11.1 Å². The summed E-state index contributed by atoms with van der Waals surface area (Å²) in [7, 11) is 0. The zero-order chi connectivity index (χ0) is 12.5. The molecule has 0 radical (unpaired) electrons. The average Bonchev–Trinajstić information content (AvgIpc) is 2.63. The number of nitrogens with one attached hydrogen (secondary N) is 1. The molecule has 1 aliphatic rings. The summed E-state index contributed by atoms with van der Waals surface area (Å²) in [6.45, 7) is 0. The van der Waals surface area contributed by atoms with Crippen molar-refractivity contribution in [2.75, 3.05) is 5.32 Å². The van der Waals surface area contributed by atoms with Gasteiger partial charge in [0.05, 0.1) is 5.56 Å². The quantitative estimate of drug-likeness (QED) is 0.839. The van der Waals surface area contributed by atoms with Crippen molar-refractivity contribution < 1.29 is 13.2 Å². The molecule has 5 heteroatoms. The maximum absolute atomic E-state index is 12.5. The highest BCUT2D eigenvalue weighted by atomic mass is 19.4. The number of alkyl halides is 3. The molecule has 1 aromatic carbocycles. The fraction of sp³-hybridized carbons (Fsp3) is 0.500. The Balaban J connectivity index is 2.06. The van der Waals surface area contributed by atoms with Gasteiger partial charge in [0.2, 0.25) is 0 Å². The van der Waals surface area contributed by atoms with E-state index in [0.717, 1.165) is 31.4 Å². The molecule has 2 atom stereocenters. The Labute approximate surface area is 98.0 Å². The normalized spacial score (nSPS) is 24.9. The van der Waals surface area contributed by atoms with Crippen molar-refractivity contribution in [1.82, 2.24) is 0 Å². The van der Waals surface area contributed by atoms with E-state index in [0.29, 0.717) is 5.69 Å². The lowest BCUT2D eigenvalue weighted by molar-refractivity contribution is -0.137. The fourth-order valence-corrected chi connectivity index (χ4v) is 2.17. The van der Waals surface area contributed by atoms with Gasteiger partial charge in [0.25, 0.3) is 0 Å². The highest BCUT2D eigenvalue weighted by molar-refractivity contribution is 5.47. The van der Waals surface area contributed by atoms with Gasteiger partial charge >= 0.3 is 6.18 Å². The van der Waals surface area contributed by atoms with E-state index >= 15 is 0 Å². The molecule has 17 heavy (non-hydrogen) atoms. The van der Waals surface area contributed by atoms with E-state index in [1.54, 1.807) is 6.07 Å². The zero-order valence-electron chi connectivity index (χ0n) is 9.30. The summed E-state index contributed by atoms with van der Waals surface area (Å²) >= 11 is 0. The van der Waals surface area contributed by atoms with Crippen molar-refractivity contribution in [3.63, 3.8) is 0 Å². The molecule has 1 aliphatic carbocycles. The van der Waals surface area contributed by atoms with E-state index in [9.17, 15) is 13.2 Å². The van der Waals surface area contributed by atoms with E-state index in [4.69, 9.17) is 5.73 Å². The maximum atomic E-state index is 12.5. The summed E-state index contributed by atoms with van der Waals surface area (Å²) in [5, 5.41) is 3.10. The number of nitrogens with two attached hydrogens (primary N) is 1. The van der Waals surface area contributed by atoms with Crippen molar-refractivity contribution >= 4 is 5.69 Å². The molecule has 3 N–H and O–H groups in total. The van der Waals surface area contributed by atoms with Crippen LogP contribution in [0.15, 0.2) is 24.3 Å². The van der Waals surface area contributed by atoms with Gasteiger partial charge in [-0.05, 0) is 37.5 Å². The van der Waals surface area contributed by atoms with E-state index in [1.165, 1.54) is 6.07 Å². The smallest absolute Gasteiger partial charge is 0.382 e. The lowest BCUT2D eigenvalue weighted by Crippen LogP contribution is -2.20. The Bertz CT molecular complexity index is 390. The third-order valence-electron chi connectivity index (χ3n) is 3.03. The SMILES string of the molecule is NC1CCC(Nc2cccc(C(F)(F)F)c2)C1. The first-order chi connectivity index (χ1) is 7.95. The predicted octanol–water partition coefficient (Wildman–Crippen LogP) is 3.00. The van der Waals surface area contributed by atoms with Crippen molar-refractivity contribution in [3.05, 3.63) is 29.8 Å². The third-order valence-corrected chi connectivity index (χ3v) is 3.03. The Kier molecular flexibility index (Phi) is 3.28. The largest absolute Gasteiger partial charge is 0.416 e. The first-order valence-electron chi connectivity index (χ1n) is 5.64. The van der Waals surface area contributed by atoms with Gasteiger partial charge in [0, 0.05) is 17.8 Å². The minimum atomic E-state index is -4.29. The first kappa shape index (κ1) is 12.2. The minimum Gasteiger partial charge on any atom is -0.382 e. The van der Waals surface area contributed by atoms with Gasteiger partial charge < -0.3 is 11.1 Å². The Morgan fingerprint density at radius 2 is 2.00 bits per heavy atom. The van der Waals surface area contributed by atoms with Crippen LogP contribution in [0.2, 0.25) is 0 Å². The Morgan fingerprint density at radius 3 is 2.59 bits per heavy atom. The topological polar surface area (TPSA) is 38.0 Å². The number of benzene rings is 1. The number of hydrogen-bond donors (Lipinski definition) is 2. The van der Waals surface area contributed by atoms with Crippen molar-refractivity contribution in [2.24, 2.45) is 5.73 Å². The van der Waals surface area contributed by atoms with Crippen LogP contribution in [-0.4, -0.2) is 12.1 Å². The highest BCUT2D eigenvalue weighted by Crippen LogP contribution is 2.31. The van der Waals surface area contributed by atoms with Crippen LogP contribution in [-0.2, 0) is 6.18 Å². The molecular formula is C12H15F3N2. The molecule has 0 spiro atoms. The molecule has 2 rings (SSSR count). The van der Waals surface area contributed by atoms with Gasteiger partial charge in [0.15, 0.2) is 0 Å². The van der Waals surface area contributed by atoms with Crippen LogP contribution in [0, 0.1) is 0 Å². The van der Waals surface area contributed by atoms with Gasteiger partial charge in [-0.1, -0.05) is 6.07 Å². The molecule has 1 fully saturated rings. The second-order valence-electron chi connectivity index (χ2n) is 4.49. The van der Waals surface area contributed by atoms with Crippen LogP contribution in [0.3, 0.4) is 0 Å². The van der Waals surface area contributed by atoms with Gasteiger partial charge in [-0.25, -0.2) is 0 Å². The molecule has 0 bridgehead atoms. The molecule has 94 valence electrons. The van der Waals surface area contributed by atoms with E-state index in [-0.39, 0.29) is 12.1 Å². The minimum absolute atomic E-state index is 0.165. The monoisotopic (exact) mass is 244 g/mol. The van der Waals surface area contributed by atoms with Gasteiger partial charge in [-0.15, -0.1) is 0 Å². The van der Waals surface area contributed by atoms with Crippen molar-refractivity contribution in [2.45, 2.75) is 37.5 Å². The Hall–Kier alpha value is -1.23. The van der Waals surface area contributed by atoms with Crippen LogP contribution in [0.5, 0.6) is 0 Å². The third kappa shape index (κ3) is 3.12. The van der Waals surface area contributed by atoms with E-state index < -0.39 is 11.7 Å². The maximum Gasteiger partial charge on any atom is 0.416 e. The second kappa shape index (κ2) is 4.56. The number of rotatable bonds is 2. The molecular weight excluding hydrogens is 229 g/mol. The summed E-state index contributed by atoms with van der Waals surface area (Å²) in [6.07, 6.45) is -1.63. The van der Waals surface area contributed by atoms with Crippen LogP contribution in [0.25, 0.3) is 0 Å². The summed E-state index contributed by atoms with van der Waals surface area (Å²) in [4.78, 5) is 0. The first-order valence-corrected chi connectivity index (χ1v) is 5.64. The van der Waals surface area contributed by atoms with Crippen molar-refractivity contribution in [1.29, 1.82) is 0 Å². The fourth-order valence-electron chi connectivity index (χ4n) is 2.17. The zero-order valence-corrected chi connectivity index (χ0v) is 9.30. The number of halogens is 3. The molecule has 0 aliphatic heterocycles. The Morgan fingerprint density at radius 1 is 1.24 bits per heavy atom. The van der Waals surface area contributed by atoms with Crippen LogP contribution in [0.1, 0.15) is 24.8 Å². The lowest BCUT2D eigenvalue weighted by atomic mass is 10.1. The van der Waals surface area contributed by atoms with E-state index in [1.807, 2.05) is 0 Å². The van der Waals surface area contributed by atoms with Crippen molar-refractivity contribution in [3.8, 4) is 0 Å². The highest BCUT2D eigenvalue weighted by Gasteiger charge is 2.30. The molecule has 0 saturated heterocycles. The standard InChI is InChI=1S/C12H15F3N2/c13-12(14,15)8-2-1-3-10(6-8)17-11-5-4-9(16)7-11/h1-3,6,9,11,17H,4-5,7,16H2.